The van der Waals surface area contributed by atoms with Crippen LogP contribution in [0.1, 0.15) is 71.6 Å². The third-order valence-electron chi connectivity index (χ3n) is 3.07. The highest BCUT2D eigenvalue weighted by molar-refractivity contribution is 9.09. The molecule has 0 aromatic rings. The zero-order chi connectivity index (χ0) is 12.1. The second kappa shape index (κ2) is 13.5. The second-order valence-corrected chi connectivity index (χ2v) is 5.60. The van der Waals surface area contributed by atoms with Crippen molar-refractivity contribution in [1.29, 1.82) is 0 Å². The van der Waals surface area contributed by atoms with Crippen molar-refractivity contribution < 1.29 is 0 Å². The standard InChI is InChI=1S/C14H30BrN/c1-3-4-5-6-7-8-9-10-13-16-14(2)11-12-15/h14,16H,3-13H2,1-2H3. The molecule has 0 spiro atoms. The lowest BCUT2D eigenvalue weighted by atomic mass is 10.1. The van der Waals surface area contributed by atoms with Gasteiger partial charge in [-0.15, -0.1) is 0 Å². The van der Waals surface area contributed by atoms with Crippen molar-refractivity contribution in [2.75, 3.05) is 11.9 Å². The smallest absolute Gasteiger partial charge is 0.00466 e. The highest BCUT2D eigenvalue weighted by Crippen LogP contribution is 2.08. The molecule has 0 bridgehead atoms. The molecule has 1 nitrogen and oxygen atoms in total. The van der Waals surface area contributed by atoms with E-state index in [0.717, 1.165) is 5.33 Å². The first-order chi connectivity index (χ1) is 7.81. The van der Waals surface area contributed by atoms with Gasteiger partial charge in [0.05, 0.1) is 0 Å². The minimum Gasteiger partial charge on any atom is -0.314 e. The van der Waals surface area contributed by atoms with Crippen molar-refractivity contribution in [2.24, 2.45) is 0 Å². The first kappa shape index (κ1) is 16.4. The Morgan fingerprint density at radius 1 is 0.938 bits per heavy atom. The van der Waals surface area contributed by atoms with E-state index < -0.39 is 0 Å². The summed E-state index contributed by atoms with van der Waals surface area (Å²) in [6.45, 7) is 5.74. The maximum Gasteiger partial charge on any atom is 0.00466 e. The Labute approximate surface area is 111 Å². The second-order valence-electron chi connectivity index (χ2n) is 4.81. The van der Waals surface area contributed by atoms with Gasteiger partial charge in [-0.05, 0) is 26.3 Å². The average molecular weight is 292 g/mol. The van der Waals surface area contributed by atoms with Gasteiger partial charge in [0.25, 0.3) is 0 Å². The number of hydrogen-bond acceptors (Lipinski definition) is 1. The molecule has 1 N–H and O–H groups in total. The molecule has 1 unspecified atom stereocenters. The summed E-state index contributed by atoms with van der Waals surface area (Å²) in [6.07, 6.45) is 12.5. The summed E-state index contributed by atoms with van der Waals surface area (Å²) >= 11 is 3.47. The summed E-state index contributed by atoms with van der Waals surface area (Å²) in [7, 11) is 0. The fraction of sp³-hybridized carbons (Fsp3) is 1.00. The average Bonchev–Trinajstić information content (AvgIpc) is 2.27. The summed E-state index contributed by atoms with van der Waals surface area (Å²) in [4.78, 5) is 0. The lowest BCUT2D eigenvalue weighted by Gasteiger charge is -2.11. The van der Waals surface area contributed by atoms with E-state index in [9.17, 15) is 0 Å². The zero-order valence-corrected chi connectivity index (χ0v) is 12.8. The van der Waals surface area contributed by atoms with Crippen molar-refractivity contribution >= 4 is 15.9 Å². The Hall–Kier alpha value is 0.440. The summed E-state index contributed by atoms with van der Waals surface area (Å²) in [5, 5.41) is 4.67. The molecular weight excluding hydrogens is 262 g/mol. The number of unbranched alkanes of at least 4 members (excludes halogenated alkanes) is 7. The lowest BCUT2D eigenvalue weighted by molar-refractivity contribution is 0.504. The first-order valence-electron chi connectivity index (χ1n) is 7.10. The Bertz CT molecular complexity index is 128. The molecule has 16 heavy (non-hydrogen) atoms. The van der Waals surface area contributed by atoms with Crippen molar-refractivity contribution in [2.45, 2.75) is 77.7 Å². The molecule has 0 saturated heterocycles. The molecule has 2 heteroatoms. The van der Waals surface area contributed by atoms with Crippen molar-refractivity contribution in [3.63, 3.8) is 0 Å². The minimum atomic E-state index is 0.670. The largest absolute Gasteiger partial charge is 0.314 e. The van der Waals surface area contributed by atoms with Crippen LogP contribution in [0.15, 0.2) is 0 Å². The quantitative estimate of drug-likeness (QED) is 0.399. The van der Waals surface area contributed by atoms with E-state index in [-0.39, 0.29) is 0 Å². The van der Waals surface area contributed by atoms with Crippen molar-refractivity contribution in [3.05, 3.63) is 0 Å². The minimum absolute atomic E-state index is 0.670. The molecule has 1 atom stereocenters. The predicted molar refractivity (Wildman–Crippen MR) is 78.5 cm³/mol. The molecule has 0 radical (unpaired) electrons. The number of nitrogens with one attached hydrogen (secondary N) is 1. The summed E-state index contributed by atoms with van der Waals surface area (Å²) in [5.74, 6) is 0. The molecule has 0 aromatic carbocycles. The van der Waals surface area contributed by atoms with Crippen LogP contribution in [0.4, 0.5) is 0 Å². The topological polar surface area (TPSA) is 12.0 Å². The molecule has 0 fully saturated rings. The van der Waals surface area contributed by atoms with Gasteiger partial charge < -0.3 is 5.32 Å². The Morgan fingerprint density at radius 2 is 1.50 bits per heavy atom. The van der Waals surface area contributed by atoms with Crippen LogP contribution in [-0.2, 0) is 0 Å². The summed E-state index contributed by atoms with van der Waals surface area (Å²) in [6, 6.07) is 0.670. The van der Waals surface area contributed by atoms with Crippen molar-refractivity contribution in [1.82, 2.24) is 5.32 Å². The fourth-order valence-electron chi connectivity index (χ4n) is 1.87. The van der Waals surface area contributed by atoms with E-state index in [2.05, 4.69) is 35.1 Å². The first-order valence-corrected chi connectivity index (χ1v) is 8.22. The van der Waals surface area contributed by atoms with Crippen molar-refractivity contribution in [3.8, 4) is 0 Å². The predicted octanol–water partition coefficient (Wildman–Crippen LogP) is 4.89. The number of rotatable bonds is 12. The lowest BCUT2D eigenvalue weighted by Crippen LogP contribution is -2.27. The van der Waals surface area contributed by atoms with Gasteiger partial charge in [0.2, 0.25) is 0 Å². The molecule has 0 aliphatic carbocycles. The van der Waals surface area contributed by atoms with Crippen LogP contribution >= 0.6 is 15.9 Å². The Balaban J connectivity index is 2.98. The monoisotopic (exact) mass is 291 g/mol. The molecule has 0 rings (SSSR count). The molecule has 0 aromatic heterocycles. The Morgan fingerprint density at radius 3 is 2.06 bits per heavy atom. The van der Waals surface area contributed by atoms with E-state index in [0.29, 0.717) is 6.04 Å². The third kappa shape index (κ3) is 12.5. The number of alkyl halides is 1. The van der Waals surface area contributed by atoms with Crippen LogP contribution in [0.2, 0.25) is 0 Å². The van der Waals surface area contributed by atoms with Gasteiger partial charge >= 0.3 is 0 Å². The van der Waals surface area contributed by atoms with E-state index in [4.69, 9.17) is 0 Å². The van der Waals surface area contributed by atoms with Crippen LogP contribution in [0.5, 0.6) is 0 Å². The normalized spacial score (nSPS) is 12.9. The maximum atomic E-state index is 3.56. The van der Waals surface area contributed by atoms with Gasteiger partial charge in [0.15, 0.2) is 0 Å². The summed E-state index contributed by atoms with van der Waals surface area (Å²) < 4.78 is 0. The third-order valence-corrected chi connectivity index (χ3v) is 3.52. The van der Waals surface area contributed by atoms with Gasteiger partial charge in [0.1, 0.15) is 0 Å². The van der Waals surface area contributed by atoms with Gasteiger partial charge in [-0.3, -0.25) is 0 Å². The highest BCUT2D eigenvalue weighted by Gasteiger charge is 1.98. The van der Waals surface area contributed by atoms with Crippen LogP contribution in [-0.4, -0.2) is 17.9 Å². The van der Waals surface area contributed by atoms with E-state index in [1.165, 1.54) is 64.3 Å². The zero-order valence-electron chi connectivity index (χ0n) is 11.2. The molecule has 0 aliphatic rings. The van der Waals surface area contributed by atoms with Gasteiger partial charge in [-0.2, -0.15) is 0 Å². The number of halogens is 1. The van der Waals surface area contributed by atoms with Crippen LogP contribution < -0.4 is 5.32 Å². The van der Waals surface area contributed by atoms with Gasteiger partial charge in [0, 0.05) is 11.4 Å². The molecule has 0 amide bonds. The fourth-order valence-corrected chi connectivity index (χ4v) is 2.56. The maximum absolute atomic E-state index is 3.56. The van der Waals surface area contributed by atoms with Crippen LogP contribution in [0.25, 0.3) is 0 Å². The SMILES string of the molecule is CCCCCCCCCCNC(C)CCBr. The number of hydrogen-bond donors (Lipinski definition) is 1. The molecular formula is C14H30BrN. The summed E-state index contributed by atoms with van der Waals surface area (Å²) in [5.41, 5.74) is 0. The Kier molecular flexibility index (Phi) is 13.9. The molecule has 98 valence electrons. The van der Waals surface area contributed by atoms with E-state index in [1.807, 2.05) is 0 Å². The van der Waals surface area contributed by atoms with Crippen LogP contribution in [0, 0.1) is 0 Å². The van der Waals surface area contributed by atoms with E-state index >= 15 is 0 Å². The molecule has 0 aliphatic heterocycles. The van der Waals surface area contributed by atoms with Gasteiger partial charge in [-0.25, -0.2) is 0 Å². The van der Waals surface area contributed by atoms with E-state index in [1.54, 1.807) is 0 Å². The molecule has 0 heterocycles. The van der Waals surface area contributed by atoms with Gasteiger partial charge in [-0.1, -0.05) is 67.8 Å². The van der Waals surface area contributed by atoms with Crippen LogP contribution in [0.3, 0.4) is 0 Å². The highest BCUT2D eigenvalue weighted by atomic mass is 79.9. The molecule has 0 saturated carbocycles.